The third-order valence-electron chi connectivity index (χ3n) is 5.60. The summed E-state index contributed by atoms with van der Waals surface area (Å²) in [6.07, 6.45) is 0. The van der Waals surface area contributed by atoms with Gasteiger partial charge in [-0.05, 0) is 43.3 Å². The maximum Gasteiger partial charge on any atom is 0.256 e. The van der Waals surface area contributed by atoms with E-state index < -0.39 is 0 Å². The van der Waals surface area contributed by atoms with E-state index >= 15 is 0 Å². The van der Waals surface area contributed by atoms with Crippen molar-refractivity contribution in [2.24, 2.45) is 0 Å². The molecule has 5 rings (SSSR count). The number of nitrogens with one attached hydrogen (secondary N) is 1. The molecule has 0 saturated heterocycles. The van der Waals surface area contributed by atoms with E-state index in [1.54, 1.807) is 18.2 Å². The van der Waals surface area contributed by atoms with Gasteiger partial charge in [0.05, 0.1) is 41.7 Å². The molecule has 2 heterocycles. The summed E-state index contributed by atoms with van der Waals surface area (Å²) in [5, 5.41) is 4.06. The molecule has 0 fully saturated rings. The first-order valence-electron chi connectivity index (χ1n) is 10.5. The Labute approximate surface area is 201 Å². The summed E-state index contributed by atoms with van der Waals surface area (Å²) in [6.45, 7) is 2.16. The maximum absolute atomic E-state index is 13.5. The molecular formula is C26H21ClN2O5. The second-order valence-corrected chi connectivity index (χ2v) is 8.19. The number of pyridine rings is 1. The largest absolute Gasteiger partial charge is 0.495 e. The zero-order valence-corrected chi connectivity index (χ0v) is 19.5. The van der Waals surface area contributed by atoms with Crippen LogP contribution >= 0.6 is 11.6 Å². The first-order chi connectivity index (χ1) is 16.5. The van der Waals surface area contributed by atoms with Gasteiger partial charge in [0.2, 0.25) is 6.79 Å². The van der Waals surface area contributed by atoms with Gasteiger partial charge in [-0.15, -0.1) is 0 Å². The number of ether oxygens (including phenoxy) is 4. The third kappa shape index (κ3) is 3.95. The van der Waals surface area contributed by atoms with E-state index in [1.165, 1.54) is 14.2 Å². The molecule has 0 bridgehead atoms. The van der Waals surface area contributed by atoms with Crippen LogP contribution in [0.3, 0.4) is 0 Å². The van der Waals surface area contributed by atoms with Gasteiger partial charge in [0.15, 0.2) is 11.5 Å². The normalized spacial score (nSPS) is 12.0. The smallest absolute Gasteiger partial charge is 0.256 e. The van der Waals surface area contributed by atoms with Gasteiger partial charge in [-0.25, -0.2) is 4.98 Å². The SMILES string of the molecule is COc1cc(NC(=O)c2cc(-c3ccc4c(c3)OCO4)nc3ccc(C)cc23)c(OC)cc1Cl. The number of rotatable bonds is 5. The van der Waals surface area contributed by atoms with Crippen molar-refractivity contribution in [3.8, 4) is 34.3 Å². The Morgan fingerprint density at radius 3 is 2.56 bits per heavy atom. The lowest BCUT2D eigenvalue weighted by atomic mass is 10.0. The summed E-state index contributed by atoms with van der Waals surface area (Å²) < 4.78 is 21.6. The van der Waals surface area contributed by atoms with E-state index in [2.05, 4.69) is 5.32 Å². The molecular weight excluding hydrogens is 456 g/mol. The number of carbonyl (C=O) groups is 1. The fourth-order valence-corrected chi connectivity index (χ4v) is 4.11. The number of aromatic nitrogens is 1. The van der Waals surface area contributed by atoms with Gasteiger partial charge in [0.1, 0.15) is 11.5 Å². The number of amides is 1. The lowest BCUT2D eigenvalue weighted by Gasteiger charge is -2.15. The molecule has 0 aliphatic carbocycles. The predicted octanol–water partition coefficient (Wildman–Crippen LogP) is 5.86. The number of carbonyl (C=O) groups excluding carboxylic acids is 1. The average Bonchev–Trinajstić information content (AvgIpc) is 3.32. The summed E-state index contributed by atoms with van der Waals surface area (Å²) >= 11 is 6.21. The Morgan fingerprint density at radius 1 is 0.971 bits per heavy atom. The molecule has 7 nitrogen and oxygen atoms in total. The number of fused-ring (bicyclic) bond motifs is 2. The van der Waals surface area contributed by atoms with Crippen molar-refractivity contribution in [1.82, 2.24) is 4.98 Å². The van der Waals surface area contributed by atoms with E-state index in [0.29, 0.717) is 50.5 Å². The van der Waals surface area contributed by atoms with Gasteiger partial charge in [0.25, 0.3) is 5.91 Å². The van der Waals surface area contributed by atoms with Crippen LogP contribution in [0.4, 0.5) is 5.69 Å². The summed E-state index contributed by atoms with van der Waals surface area (Å²) in [7, 11) is 3.02. The van der Waals surface area contributed by atoms with Crippen LogP contribution < -0.4 is 24.3 Å². The average molecular weight is 477 g/mol. The molecule has 34 heavy (non-hydrogen) atoms. The van der Waals surface area contributed by atoms with Crippen molar-refractivity contribution in [3.63, 3.8) is 0 Å². The minimum atomic E-state index is -0.317. The minimum Gasteiger partial charge on any atom is -0.495 e. The van der Waals surface area contributed by atoms with E-state index in [-0.39, 0.29) is 12.7 Å². The van der Waals surface area contributed by atoms with Crippen molar-refractivity contribution in [2.45, 2.75) is 6.92 Å². The van der Waals surface area contributed by atoms with Gasteiger partial charge in [-0.3, -0.25) is 4.79 Å². The van der Waals surface area contributed by atoms with E-state index in [4.69, 9.17) is 35.5 Å². The third-order valence-corrected chi connectivity index (χ3v) is 5.89. The molecule has 0 saturated carbocycles. The van der Waals surface area contributed by atoms with Crippen LogP contribution in [0.5, 0.6) is 23.0 Å². The molecule has 1 N–H and O–H groups in total. The van der Waals surface area contributed by atoms with Crippen molar-refractivity contribution < 1.29 is 23.7 Å². The molecule has 0 atom stereocenters. The number of methoxy groups -OCH3 is 2. The molecule has 8 heteroatoms. The van der Waals surface area contributed by atoms with Gasteiger partial charge in [0, 0.05) is 23.1 Å². The van der Waals surface area contributed by atoms with Crippen molar-refractivity contribution in [2.75, 3.05) is 26.3 Å². The Kier molecular flexibility index (Phi) is 5.63. The molecule has 3 aromatic carbocycles. The lowest BCUT2D eigenvalue weighted by molar-refractivity contribution is 0.102. The second-order valence-electron chi connectivity index (χ2n) is 7.78. The van der Waals surface area contributed by atoms with Crippen LogP contribution in [0.1, 0.15) is 15.9 Å². The number of aryl methyl sites for hydroxylation is 1. The number of hydrogen-bond acceptors (Lipinski definition) is 6. The number of hydrogen-bond donors (Lipinski definition) is 1. The van der Waals surface area contributed by atoms with E-state index in [0.717, 1.165) is 16.5 Å². The summed E-state index contributed by atoms with van der Waals surface area (Å²) in [5.74, 6) is 1.86. The van der Waals surface area contributed by atoms with E-state index in [9.17, 15) is 4.79 Å². The van der Waals surface area contributed by atoms with Crippen molar-refractivity contribution >= 4 is 34.1 Å². The number of nitrogens with zero attached hydrogens (tertiary/aromatic N) is 1. The molecule has 1 aromatic heterocycles. The van der Waals surface area contributed by atoms with Crippen molar-refractivity contribution in [1.29, 1.82) is 0 Å². The molecule has 0 unspecified atom stereocenters. The zero-order valence-electron chi connectivity index (χ0n) is 18.8. The van der Waals surface area contributed by atoms with Crippen molar-refractivity contribution in [3.05, 3.63) is 70.7 Å². The molecule has 1 amide bonds. The predicted molar refractivity (Wildman–Crippen MR) is 131 cm³/mol. The van der Waals surface area contributed by atoms with Crippen LogP contribution in [-0.4, -0.2) is 31.9 Å². The Morgan fingerprint density at radius 2 is 1.76 bits per heavy atom. The molecule has 1 aliphatic rings. The van der Waals surface area contributed by atoms with Crippen LogP contribution in [0, 0.1) is 6.92 Å². The highest BCUT2D eigenvalue weighted by Crippen LogP contribution is 2.38. The standard InChI is InChI=1S/C26H21ClN2O5/c1-14-4-6-19-16(8-14)17(10-20(28-19)15-5-7-22-25(9-15)34-13-33-22)26(30)29-21-12-23(31-2)18(27)11-24(21)32-3/h4-12H,13H2,1-3H3,(H,29,30). The fourth-order valence-electron chi connectivity index (χ4n) is 3.88. The van der Waals surface area contributed by atoms with Crippen LogP contribution in [0.2, 0.25) is 5.02 Å². The minimum absolute atomic E-state index is 0.184. The molecule has 1 aliphatic heterocycles. The maximum atomic E-state index is 13.5. The summed E-state index contributed by atoms with van der Waals surface area (Å²) in [5.41, 5.74) is 4.08. The van der Waals surface area contributed by atoms with Crippen LogP contribution in [-0.2, 0) is 0 Å². The van der Waals surface area contributed by atoms with Gasteiger partial charge in [-0.1, -0.05) is 23.2 Å². The quantitative estimate of drug-likeness (QED) is 0.388. The number of anilines is 1. The molecule has 4 aromatic rings. The Hall–Kier alpha value is -3.97. The monoisotopic (exact) mass is 476 g/mol. The fraction of sp³-hybridized carbons (Fsp3) is 0.154. The second kappa shape index (κ2) is 8.76. The first-order valence-corrected chi connectivity index (χ1v) is 10.9. The molecule has 0 spiro atoms. The highest BCUT2D eigenvalue weighted by molar-refractivity contribution is 6.32. The molecule has 0 radical (unpaired) electrons. The number of benzene rings is 3. The summed E-state index contributed by atoms with van der Waals surface area (Å²) in [6, 6.07) is 16.4. The topological polar surface area (TPSA) is 78.9 Å². The highest BCUT2D eigenvalue weighted by Gasteiger charge is 2.19. The summed E-state index contributed by atoms with van der Waals surface area (Å²) in [4.78, 5) is 18.3. The van der Waals surface area contributed by atoms with E-state index in [1.807, 2.05) is 43.3 Å². The first kappa shape index (κ1) is 21.9. The number of halogens is 1. The Balaban J connectivity index is 1.61. The zero-order chi connectivity index (χ0) is 23.8. The van der Waals surface area contributed by atoms with Gasteiger partial charge in [-0.2, -0.15) is 0 Å². The van der Waals surface area contributed by atoms with Crippen LogP contribution in [0.25, 0.3) is 22.2 Å². The highest BCUT2D eigenvalue weighted by atomic mass is 35.5. The Bertz CT molecular complexity index is 1440. The lowest BCUT2D eigenvalue weighted by Crippen LogP contribution is -2.14. The van der Waals surface area contributed by atoms with Gasteiger partial charge < -0.3 is 24.3 Å². The van der Waals surface area contributed by atoms with Crippen LogP contribution in [0.15, 0.2) is 54.6 Å². The van der Waals surface area contributed by atoms with Gasteiger partial charge >= 0.3 is 0 Å². The molecule has 172 valence electrons.